The van der Waals surface area contributed by atoms with E-state index < -0.39 is 0 Å². The molecule has 0 atom stereocenters. The SMILES string of the molecule is NC(=O)CCn1c(SCc2coc(-c3cccc(Cl)c3)n2)nnc1-c1cccs1. The Kier molecular flexibility index (Phi) is 5.98. The van der Waals surface area contributed by atoms with Crippen molar-refractivity contribution in [2.75, 3.05) is 0 Å². The molecule has 2 N–H and O–H groups in total. The number of carbonyl (C=O) groups excluding carboxylic acids is 1. The Morgan fingerprint density at radius 3 is 2.93 bits per heavy atom. The van der Waals surface area contributed by atoms with Crippen molar-refractivity contribution in [3.63, 3.8) is 0 Å². The fraction of sp³-hybridized carbons (Fsp3) is 0.158. The summed E-state index contributed by atoms with van der Waals surface area (Å²) >= 11 is 9.08. The first-order chi connectivity index (χ1) is 14.1. The Morgan fingerprint density at radius 1 is 1.28 bits per heavy atom. The zero-order valence-corrected chi connectivity index (χ0v) is 17.5. The van der Waals surface area contributed by atoms with Gasteiger partial charge in [0.2, 0.25) is 11.8 Å². The van der Waals surface area contributed by atoms with Crippen LogP contribution in [0.4, 0.5) is 0 Å². The van der Waals surface area contributed by atoms with Crippen molar-refractivity contribution in [1.29, 1.82) is 0 Å². The zero-order valence-electron chi connectivity index (χ0n) is 15.1. The number of carbonyl (C=O) groups is 1. The normalized spacial score (nSPS) is 11.1. The van der Waals surface area contributed by atoms with Gasteiger partial charge in [-0.1, -0.05) is 35.5 Å². The molecule has 0 saturated heterocycles. The van der Waals surface area contributed by atoms with E-state index in [9.17, 15) is 4.79 Å². The molecule has 0 spiro atoms. The molecule has 0 fully saturated rings. The van der Waals surface area contributed by atoms with Gasteiger partial charge in [-0.15, -0.1) is 21.5 Å². The van der Waals surface area contributed by atoms with Crippen LogP contribution in [0.1, 0.15) is 12.1 Å². The van der Waals surface area contributed by atoms with Crippen molar-refractivity contribution in [1.82, 2.24) is 19.7 Å². The third-order valence-electron chi connectivity index (χ3n) is 4.01. The number of primary amides is 1. The molecule has 3 aromatic heterocycles. The lowest BCUT2D eigenvalue weighted by molar-refractivity contribution is -0.118. The molecular weight excluding hydrogens is 430 g/mol. The van der Waals surface area contributed by atoms with Gasteiger partial charge in [0.1, 0.15) is 6.26 Å². The third-order valence-corrected chi connectivity index (χ3v) is 6.11. The molecule has 29 heavy (non-hydrogen) atoms. The topological polar surface area (TPSA) is 99.8 Å². The number of nitrogens with zero attached hydrogens (tertiary/aromatic N) is 4. The number of aromatic nitrogens is 4. The Hall–Kier alpha value is -2.62. The smallest absolute Gasteiger partial charge is 0.226 e. The van der Waals surface area contributed by atoms with E-state index in [1.807, 2.05) is 34.2 Å². The second-order valence-electron chi connectivity index (χ2n) is 6.09. The summed E-state index contributed by atoms with van der Waals surface area (Å²) in [5.41, 5.74) is 6.92. The summed E-state index contributed by atoms with van der Waals surface area (Å²) in [7, 11) is 0. The molecule has 4 rings (SSSR count). The number of hydrogen-bond acceptors (Lipinski definition) is 7. The fourth-order valence-electron chi connectivity index (χ4n) is 2.67. The summed E-state index contributed by atoms with van der Waals surface area (Å²) in [6.45, 7) is 0.421. The highest BCUT2D eigenvalue weighted by Gasteiger charge is 2.17. The van der Waals surface area contributed by atoms with Crippen LogP contribution in [0.3, 0.4) is 0 Å². The maximum absolute atomic E-state index is 11.3. The minimum Gasteiger partial charge on any atom is -0.444 e. The average Bonchev–Trinajstić information content (AvgIpc) is 3.44. The lowest BCUT2D eigenvalue weighted by Gasteiger charge is -2.07. The van der Waals surface area contributed by atoms with Crippen molar-refractivity contribution in [3.8, 4) is 22.2 Å². The number of nitrogens with two attached hydrogens (primary N) is 1. The van der Waals surface area contributed by atoms with E-state index in [4.69, 9.17) is 21.8 Å². The van der Waals surface area contributed by atoms with E-state index >= 15 is 0 Å². The summed E-state index contributed by atoms with van der Waals surface area (Å²) in [6.07, 6.45) is 1.83. The van der Waals surface area contributed by atoms with Gasteiger partial charge in [0.05, 0.1) is 10.6 Å². The van der Waals surface area contributed by atoms with Gasteiger partial charge in [0, 0.05) is 29.3 Å². The molecule has 7 nitrogen and oxygen atoms in total. The highest BCUT2D eigenvalue weighted by molar-refractivity contribution is 7.98. The van der Waals surface area contributed by atoms with Crippen molar-refractivity contribution < 1.29 is 9.21 Å². The molecule has 148 valence electrons. The first-order valence-electron chi connectivity index (χ1n) is 8.68. The Bertz CT molecular complexity index is 1120. The predicted octanol–water partition coefficient (Wildman–Crippen LogP) is 4.48. The van der Waals surface area contributed by atoms with Gasteiger partial charge in [0.15, 0.2) is 11.0 Å². The first-order valence-corrected chi connectivity index (χ1v) is 10.9. The maximum atomic E-state index is 11.3. The van der Waals surface area contributed by atoms with Gasteiger partial charge in [0.25, 0.3) is 0 Å². The van der Waals surface area contributed by atoms with Crippen LogP contribution < -0.4 is 5.73 Å². The lowest BCUT2D eigenvalue weighted by atomic mass is 10.2. The van der Waals surface area contributed by atoms with Crippen LogP contribution in [0, 0.1) is 0 Å². The van der Waals surface area contributed by atoms with E-state index in [2.05, 4.69) is 15.2 Å². The van der Waals surface area contributed by atoms with E-state index in [1.54, 1.807) is 29.7 Å². The highest BCUT2D eigenvalue weighted by Crippen LogP contribution is 2.30. The summed E-state index contributed by atoms with van der Waals surface area (Å²) in [5.74, 6) is 1.42. The number of hydrogen-bond donors (Lipinski definition) is 1. The van der Waals surface area contributed by atoms with E-state index in [-0.39, 0.29) is 12.3 Å². The average molecular weight is 446 g/mol. The Labute approximate surface area is 179 Å². The number of amides is 1. The fourth-order valence-corrected chi connectivity index (χ4v) is 4.42. The van der Waals surface area contributed by atoms with Crippen LogP contribution in [-0.4, -0.2) is 25.7 Å². The molecule has 0 aliphatic heterocycles. The largest absolute Gasteiger partial charge is 0.444 e. The highest BCUT2D eigenvalue weighted by atomic mass is 35.5. The molecule has 4 aromatic rings. The molecule has 0 radical (unpaired) electrons. The Morgan fingerprint density at radius 2 is 2.17 bits per heavy atom. The van der Waals surface area contributed by atoms with Crippen LogP contribution in [0.15, 0.2) is 57.6 Å². The molecule has 0 aliphatic rings. The lowest BCUT2D eigenvalue weighted by Crippen LogP contribution is -2.14. The first kappa shape index (κ1) is 19.7. The van der Waals surface area contributed by atoms with E-state index in [0.717, 1.165) is 22.0 Å². The third kappa shape index (κ3) is 4.69. The van der Waals surface area contributed by atoms with E-state index in [1.165, 1.54) is 11.8 Å². The molecule has 10 heteroatoms. The van der Waals surface area contributed by atoms with Gasteiger partial charge in [-0.05, 0) is 29.6 Å². The van der Waals surface area contributed by atoms with Crippen molar-refractivity contribution in [2.24, 2.45) is 5.73 Å². The van der Waals surface area contributed by atoms with Gasteiger partial charge in [-0.25, -0.2) is 4.98 Å². The molecule has 1 amide bonds. The molecule has 0 bridgehead atoms. The molecule has 0 aliphatic carbocycles. The minimum atomic E-state index is -0.366. The van der Waals surface area contributed by atoms with Crippen LogP contribution in [0.25, 0.3) is 22.2 Å². The predicted molar refractivity (Wildman–Crippen MR) is 114 cm³/mol. The second kappa shape index (κ2) is 8.81. The number of benzene rings is 1. The minimum absolute atomic E-state index is 0.215. The number of halogens is 1. The van der Waals surface area contributed by atoms with Gasteiger partial charge < -0.3 is 14.7 Å². The van der Waals surface area contributed by atoms with Crippen LogP contribution in [0.5, 0.6) is 0 Å². The summed E-state index contributed by atoms with van der Waals surface area (Å²) in [6, 6.07) is 11.3. The van der Waals surface area contributed by atoms with Crippen molar-refractivity contribution in [2.45, 2.75) is 23.9 Å². The van der Waals surface area contributed by atoms with Gasteiger partial charge >= 0.3 is 0 Å². The molecule has 0 saturated carbocycles. The zero-order chi connectivity index (χ0) is 20.2. The molecule has 0 unspecified atom stereocenters. The molecule has 3 heterocycles. The van der Waals surface area contributed by atoms with Crippen molar-refractivity contribution >= 4 is 40.6 Å². The Balaban J connectivity index is 1.52. The van der Waals surface area contributed by atoms with E-state index in [0.29, 0.717) is 28.4 Å². The maximum Gasteiger partial charge on any atom is 0.226 e. The summed E-state index contributed by atoms with van der Waals surface area (Å²) in [5, 5.41) is 11.9. The quantitative estimate of drug-likeness (QED) is 0.401. The summed E-state index contributed by atoms with van der Waals surface area (Å²) in [4.78, 5) is 16.8. The van der Waals surface area contributed by atoms with Crippen LogP contribution in [-0.2, 0) is 17.1 Å². The van der Waals surface area contributed by atoms with Gasteiger partial charge in [-0.2, -0.15) is 0 Å². The van der Waals surface area contributed by atoms with Crippen molar-refractivity contribution in [3.05, 3.63) is 58.8 Å². The summed E-state index contributed by atoms with van der Waals surface area (Å²) < 4.78 is 7.50. The second-order valence-corrected chi connectivity index (χ2v) is 8.42. The molecular formula is C19H16ClN5O2S2. The molecule has 1 aromatic carbocycles. The number of oxazole rings is 1. The number of rotatable bonds is 8. The van der Waals surface area contributed by atoms with Gasteiger partial charge in [-0.3, -0.25) is 4.79 Å². The van der Waals surface area contributed by atoms with Crippen LogP contribution in [0.2, 0.25) is 5.02 Å². The monoisotopic (exact) mass is 445 g/mol. The number of thioether (sulfide) groups is 1. The standard InChI is InChI=1S/C19H16ClN5O2S2/c20-13-4-1-3-12(9-13)18-22-14(10-27-18)11-29-19-24-23-17(15-5-2-8-28-15)25(19)7-6-16(21)26/h1-5,8-10H,6-7,11H2,(H2,21,26). The number of thiophene rings is 1. The van der Waals surface area contributed by atoms with Crippen LogP contribution >= 0.6 is 34.7 Å².